The Bertz CT molecular complexity index is 822. The standard InChI is InChI=1S/C14H9F3N2O3.C3H7N.C2H6/c1-3-7-8(4-2)13(22)19(12(7)21)9-5-6-10(14(15,16)17)18-11(9)20;1-3-4-2;1-2/h3-6H,1-2H2,(H,18,20);3-4H,1H2,2H3;1-2H3. The van der Waals surface area contributed by atoms with E-state index >= 15 is 0 Å². The molecule has 28 heavy (non-hydrogen) atoms. The highest BCUT2D eigenvalue weighted by Gasteiger charge is 2.39. The van der Waals surface area contributed by atoms with Gasteiger partial charge in [0.25, 0.3) is 17.4 Å². The number of aromatic amines is 1. The molecule has 0 bridgehead atoms. The fourth-order valence-corrected chi connectivity index (χ4v) is 1.98. The Morgan fingerprint density at radius 3 is 1.71 bits per heavy atom. The number of nitrogens with one attached hydrogen (secondary N) is 2. The van der Waals surface area contributed by atoms with Crippen LogP contribution in [0.4, 0.5) is 18.9 Å². The van der Waals surface area contributed by atoms with Gasteiger partial charge in [0.2, 0.25) is 0 Å². The van der Waals surface area contributed by atoms with Crippen LogP contribution in [0.1, 0.15) is 19.5 Å². The number of carbonyl (C=O) groups is 2. The topological polar surface area (TPSA) is 82.3 Å². The molecule has 0 aliphatic carbocycles. The van der Waals surface area contributed by atoms with Gasteiger partial charge in [-0.2, -0.15) is 13.2 Å². The summed E-state index contributed by atoms with van der Waals surface area (Å²) in [6.45, 7) is 14.1. The number of alkyl halides is 3. The zero-order chi connectivity index (χ0) is 22.1. The lowest BCUT2D eigenvalue weighted by Gasteiger charge is -2.14. The summed E-state index contributed by atoms with van der Waals surface area (Å²) in [6.07, 6.45) is -0.876. The third-order valence-electron chi connectivity index (χ3n) is 3.20. The quantitative estimate of drug-likeness (QED) is 0.764. The molecule has 1 aromatic heterocycles. The Kier molecular flexibility index (Phi) is 9.42. The van der Waals surface area contributed by atoms with E-state index < -0.39 is 34.9 Å². The predicted octanol–water partition coefficient (Wildman–Crippen LogP) is 3.31. The third-order valence-corrected chi connectivity index (χ3v) is 3.20. The van der Waals surface area contributed by atoms with Crippen LogP contribution < -0.4 is 15.8 Å². The monoisotopic (exact) mass is 397 g/mol. The van der Waals surface area contributed by atoms with E-state index in [9.17, 15) is 27.6 Å². The summed E-state index contributed by atoms with van der Waals surface area (Å²) < 4.78 is 37.5. The van der Waals surface area contributed by atoms with E-state index in [0.717, 1.165) is 18.2 Å². The van der Waals surface area contributed by atoms with Gasteiger partial charge in [0.05, 0.1) is 11.1 Å². The summed E-state index contributed by atoms with van der Waals surface area (Å²) >= 11 is 0. The van der Waals surface area contributed by atoms with Crippen molar-refractivity contribution in [3.8, 4) is 0 Å². The van der Waals surface area contributed by atoms with Crippen molar-refractivity contribution < 1.29 is 22.8 Å². The number of hydrogen-bond donors (Lipinski definition) is 2. The molecule has 1 aliphatic heterocycles. The van der Waals surface area contributed by atoms with Crippen LogP contribution in [0.25, 0.3) is 0 Å². The largest absolute Gasteiger partial charge is 0.431 e. The van der Waals surface area contributed by atoms with Gasteiger partial charge in [0.1, 0.15) is 11.4 Å². The van der Waals surface area contributed by atoms with Gasteiger partial charge >= 0.3 is 6.18 Å². The van der Waals surface area contributed by atoms with Crippen LogP contribution in [0.3, 0.4) is 0 Å². The second-order valence-corrected chi connectivity index (χ2v) is 4.76. The van der Waals surface area contributed by atoms with Crippen molar-refractivity contribution in [3.63, 3.8) is 0 Å². The molecule has 2 heterocycles. The molecule has 0 radical (unpaired) electrons. The molecule has 0 fully saturated rings. The summed E-state index contributed by atoms with van der Waals surface area (Å²) in [5, 5.41) is 2.69. The zero-order valence-corrected chi connectivity index (χ0v) is 15.8. The van der Waals surface area contributed by atoms with E-state index in [2.05, 4.69) is 25.1 Å². The summed E-state index contributed by atoms with van der Waals surface area (Å²) in [7, 11) is 1.81. The Labute approximate surface area is 160 Å². The van der Waals surface area contributed by atoms with E-state index in [0.29, 0.717) is 11.0 Å². The Balaban J connectivity index is 0.00000108. The molecule has 0 saturated heterocycles. The molecule has 9 heteroatoms. The molecule has 0 spiro atoms. The number of anilines is 1. The normalized spacial score (nSPS) is 13.1. The molecule has 0 aromatic carbocycles. The van der Waals surface area contributed by atoms with E-state index in [1.807, 2.05) is 20.9 Å². The molecule has 0 saturated carbocycles. The van der Waals surface area contributed by atoms with Crippen molar-refractivity contribution in [2.45, 2.75) is 20.0 Å². The van der Waals surface area contributed by atoms with Gasteiger partial charge in [-0.25, -0.2) is 4.90 Å². The van der Waals surface area contributed by atoms with Crippen molar-refractivity contribution >= 4 is 17.5 Å². The lowest BCUT2D eigenvalue weighted by molar-refractivity contribution is -0.141. The van der Waals surface area contributed by atoms with Gasteiger partial charge in [-0.3, -0.25) is 14.4 Å². The van der Waals surface area contributed by atoms with Gasteiger partial charge in [0, 0.05) is 7.05 Å². The summed E-state index contributed by atoms with van der Waals surface area (Å²) in [4.78, 5) is 38.1. The Morgan fingerprint density at radius 1 is 1.00 bits per heavy atom. The number of hydrogen-bond acceptors (Lipinski definition) is 4. The van der Waals surface area contributed by atoms with Crippen molar-refractivity contribution in [2.75, 3.05) is 11.9 Å². The van der Waals surface area contributed by atoms with Gasteiger partial charge in [-0.15, -0.1) is 0 Å². The highest BCUT2D eigenvalue weighted by Crippen LogP contribution is 2.29. The first-order chi connectivity index (χ1) is 13.1. The second-order valence-electron chi connectivity index (χ2n) is 4.76. The predicted molar refractivity (Wildman–Crippen MR) is 103 cm³/mol. The number of nitrogens with zero attached hydrogens (tertiary/aromatic N) is 1. The molecular formula is C19H22F3N3O3. The number of imide groups is 1. The molecule has 1 aromatic rings. The molecule has 0 unspecified atom stereocenters. The van der Waals surface area contributed by atoms with E-state index in [-0.39, 0.29) is 11.1 Å². The highest BCUT2D eigenvalue weighted by molar-refractivity contribution is 6.34. The average Bonchev–Trinajstić information content (AvgIpc) is 2.91. The number of halogens is 3. The lowest BCUT2D eigenvalue weighted by Crippen LogP contribution is -2.36. The van der Waals surface area contributed by atoms with Crippen molar-refractivity contribution in [1.82, 2.24) is 10.3 Å². The molecule has 2 amide bonds. The summed E-state index contributed by atoms with van der Waals surface area (Å²) in [6, 6.07) is 1.35. The van der Waals surface area contributed by atoms with Crippen molar-refractivity contribution in [2.24, 2.45) is 0 Å². The fraction of sp³-hybridized carbons (Fsp3) is 0.211. The van der Waals surface area contributed by atoms with Crippen LogP contribution in [0.5, 0.6) is 0 Å². The number of carbonyl (C=O) groups excluding carboxylic acids is 2. The first-order valence-electron chi connectivity index (χ1n) is 8.10. The van der Waals surface area contributed by atoms with Crippen molar-refractivity contribution in [3.05, 3.63) is 77.4 Å². The Hall–Kier alpha value is -3.36. The summed E-state index contributed by atoms with van der Waals surface area (Å²) in [5.41, 5.74) is -3.12. The molecule has 2 N–H and O–H groups in total. The van der Waals surface area contributed by atoms with Crippen LogP contribution >= 0.6 is 0 Å². The summed E-state index contributed by atoms with van der Waals surface area (Å²) in [5.74, 6) is -1.69. The average molecular weight is 397 g/mol. The smallest absolute Gasteiger partial charge is 0.394 e. The molecule has 6 nitrogen and oxygen atoms in total. The van der Waals surface area contributed by atoms with Gasteiger partial charge in [-0.1, -0.05) is 45.7 Å². The fourth-order valence-electron chi connectivity index (χ4n) is 1.98. The SMILES string of the molecule is C=CC1=C(C=C)C(=O)N(c2ccc(C(F)(F)F)[nH]c2=O)C1=O.C=CNC.CC. The minimum Gasteiger partial charge on any atom is -0.394 e. The zero-order valence-electron chi connectivity index (χ0n) is 15.8. The number of aromatic nitrogens is 1. The first kappa shape index (κ1) is 24.6. The van der Waals surface area contributed by atoms with Crippen LogP contribution in [0.2, 0.25) is 0 Å². The maximum Gasteiger partial charge on any atom is 0.431 e. The number of amides is 2. The number of pyridine rings is 1. The van der Waals surface area contributed by atoms with Crippen LogP contribution in [0.15, 0.2) is 66.2 Å². The van der Waals surface area contributed by atoms with Gasteiger partial charge in [0.15, 0.2) is 0 Å². The van der Waals surface area contributed by atoms with Gasteiger partial charge < -0.3 is 10.3 Å². The molecular weight excluding hydrogens is 375 g/mol. The maximum absolute atomic E-state index is 12.5. The van der Waals surface area contributed by atoms with E-state index in [4.69, 9.17) is 0 Å². The van der Waals surface area contributed by atoms with Crippen LogP contribution in [0, 0.1) is 0 Å². The van der Waals surface area contributed by atoms with Crippen LogP contribution in [-0.2, 0) is 15.8 Å². The number of rotatable bonds is 4. The third kappa shape index (κ3) is 5.32. The van der Waals surface area contributed by atoms with Crippen molar-refractivity contribution in [1.29, 1.82) is 0 Å². The highest BCUT2D eigenvalue weighted by atomic mass is 19.4. The van der Waals surface area contributed by atoms with E-state index in [1.54, 1.807) is 11.2 Å². The van der Waals surface area contributed by atoms with Gasteiger partial charge in [-0.05, 0) is 18.3 Å². The lowest BCUT2D eigenvalue weighted by atomic mass is 10.1. The minimum absolute atomic E-state index is 0.0701. The second kappa shape index (κ2) is 10.7. The minimum atomic E-state index is -4.74. The first-order valence-corrected chi connectivity index (χ1v) is 8.10. The Morgan fingerprint density at radius 2 is 1.43 bits per heavy atom. The number of H-pyrrole nitrogens is 1. The molecule has 152 valence electrons. The molecule has 2 rings (SSSR count). The maximum atomic E-state index is 12.5. The molecule has 1 aliphatic rings. The molecule has 0 atom stereocenters. The van der Waals surface area contributed by atoms with Crippen LogP contribution in [-0.4, -0.2) is 23.8 Å². The van der Waals surface area contributed by atoms with E-state index in [1.165, 1.54) is 0 Å².